The molecule has 5 unspecified atom stereocenters. The van der Waals surface area contributed by atoms with Gasteiger partial charge in [0.1, 0.15) is 36.8 Å². The first-order chi connectivity index (χ1) is 12.2. The van der Waals surface area contributed by atoms with Crippen LogP contribution in [0.3, 0.4) is 0 Å². The molecule has 2 aromatic rings. The molecular weight excluding hydrogens is 371 g/mol. The molecule has 3 heterocycles. The van der Waals surface area contributed by atoms with Gasteiger partial charge in [0.2, 0.25) is 6.33 Å². The minimum atomic E-state index is -4.47. The molecular formula is C13H17N4O8P. The van der Waals surface area contributed by atoms with E-state index in [0.29, 0.717) is 0 Å². The van der Waals surface area contributed by atoms with Gasteiger partial charge in [-0.25, -0.2) is 9.36 Å². The minimum Gasteiger partial charge on any atom is -0.742 e. The Hall–Kier alpha value is -2.08. The van der Waals surface area contributed by atoms with Gasteiger partial charge in [-0.2, -0.15) is 4.34 Å². The quantitative estimate of drug-likeness (QED) is 0.307. The average molecular weight is 388 g/mol. The fraction of sp³-hybridized carbons (Fsp3) is 0.462. The zero-order chi connectivity index (χ0) is 19.1. The number of aliphatic hydroxyl groups is 2. The Morgan fingerprint density at radius 1 is 1.38 bits per heavy atom. The standard InChI is InChI=1S/C13H17N4O8P/c1-16-2-3-17(6-16)26(22,23)24-5-8-10(19)11(20)12(25-8)7-4-9(18)15-13(21)14-7/h2-4,6,8,10-12,19-20H,5H2,1H3,(H2-,14,15,18,21,22,23). The van der Waals surface area contributed by atoms with Gasteiger partial charge in [-0.3, -0.25) is 14.3 Å². The van der Waals surface area contributed by atoms with Crippen LogP contribution in [0.25, 0.3) is 0 Å². The molecule has 26 heavy (non-hydrogen) atoms. The van der Waals surface area contributed by atoms with Crippen LogP contribution in [0, 0.1) is 0 Å². The maximum atomic E-state index is 12.1. The molecule has 0 saturated carbocycles. The molecule has 12 nitrogen and oxygen atoms in total. The van der Waals surface area contributed by atoms with Gasteiger partial charge in [0.25, 0.3) is 5.56 Å². The van der Waals surface area contributed by atoms with Gasteiger partial charge in [0.15, 0.2) is 0 Å². The summed E-state index contributed by atoms with van der Waals surface area (Å²) in [6.45, 7) is -0.565. The van der Waals surface area contributed by atoms with Gasteiger partial charge in [0, 0.05) is 6.07 Å². The maximum Gasteiger partial charge on any atom is 0.325 e. The van der Waals surface area contributed by atoms with Crippen LogP contribution in [0.2, 0.25) is 0 Å². The van der Waals surface area contributed by atoms with Crippen molar-refractivity contribution >= 4 is 7.75 Å². The zero-order valence-corrected chi connectivity index (χ0v) is 14.4. The highest BCUT2D eigenvalue weighted by Crippen LogP contribution is 2.40. The highest BCUT2D eigenvalue weighted by atomic mass is 31.2. The molecule has 5 atom stereocenters. The van der Waals surface area contributed by atoms with Crippen LogP contribution in [0.5, 0.6) is 0 Å². The Balaban J connectivity index is 1.73. The van der Waals surface area contributed by atoms with Crippen LogP contribution in [0.4, 0.5) is 0 Å². The Labute approximate surface area is 145 Å². The normalized spacial score (nSPS) is 28.2. The minimum absolute atomic E-state index is 0.0458. The topological polar surface area (TPSA) is 174 Å². The first-order valence-corrected chi connectivity index (χ1v) is 9.02. The Bertz CT molecular complexity index is 924. The molecule has 13 heteroatoms. The Morgan fingerprint density at radius 3 is 2.73 bits per heavy atom. The first-order valence-electron chi connectivity index (χ1n) is 7.52. The number of hydrogen-bond donors (Lipinski definition) is 4. The average Bonchev–Trinajstić information content (AvgIpc) is 3.11. The zero-order valence-electron chi connectivity index (χ0n) is 13.5. The largest absolute Gasteiger partial charge is 0.742 e. The van der Waals surface area contributed by atoms with Crippen molar-refractivity contribution in [2.45, 2.75) is 24.4 Å². The SMILES string of the molecule is C[n+]1ccn(P(=O)([O-])OCC2OC(c3cc(=O)[nH]c(=O)[nH]3)C(O)C2O)c1. The number of ether oxygens (including phenoxy) is 1. The fourth-order valence-electron chi connectivity index (χ4n) is 2.60. The molecule has 4 N–H and O–H groups in total. The second-order valence-corrected chi connectivity index (χ2v) is 7.50. The highest BCUT2D eigenvalue weighted by molar-refractivity contribution is 7.49. The van der Waals surface area contributed by atoms with E-state index < -0.39 is 50.0 Å². The van der Waals surface area contributed by atoms with Crippen molar-refractivity contribution in [1.29, 1.82) is 0 Å². The third-order valence-corrected chi connectivity index (χ3v) is 5.17. The lowest BCUT2D eigenvalue weighted by molar-refractivity contribution is -0.670. The van der Waals surface area contributed by atoms with Crippen molar-refractivity contribution in [2.75, 3.05) is 6.61 Å². The fourth-order valence-corrected chi connectivity index (χ4v) is 3.58. The third kappa shape index (κ3) is 3.70. The number of H-pyrrole nitrogens is 2. The summed E-state index contributed by atoms with van der Waals surface area (Å²) in [5.41, 5.74) is -1.56. The van der Waals surface area contributed by atoms with E-state index in [4.69, 9.17) is 9.26 Å². The van der Waals surface area contributed by atoms with Crippen molar-refractivity contribution < 1.29 is 33.5 Å². The van der Waals surface area contributed by atoms with E-state index in [9.17, 15) is 29.3 Å². The van der Waals surface area contributed by atoms with E-state index in [0.717, 1.165) is 10.4 Å². The van der Waals surface area contributed by atoms with E-state index in [1.807, 2.05) is 4.98 Å². The summed E-state index contributed by atoms with van der Waals surface area (Å²) < 4.78 is 24.7. The third-order valence-electron chi connectivity index (χ3n) is 3.89. The predicted molar refractivity (Wildman–Crippen MR) is 81.9 cm³/mol. The van der Waals surface area contributed by atoms with E-state index in [1.165, 1.54) is 23.3 Å². The number of aromatic amines is 2. The summed E-state index contributed by atoms with van der Waals surface area (Å²) in [5.74, 6) is 0. The Kier molecular flexibility index (Phi) is 4.97. The van der Waals surface area contributed by atoms with Crippen molar-refractivity contribution in [3.8, 4) is 0 Å². The van der Waals surface area contributed by atoms with Gasteiger partial charge in [-0.1, -0.05) is 0 Å². The summed E-state index contributed by atoms with van der Waals surface area (Å²) in [6, 6.07) is 1.00. The van der Waals surface area contributed by atoms with Gasteiger partial charge in [-0.05, 0) is 0 Å². The summed E-state index contributed by atoms with van der Waals surface area (Å²) in [4.78, 5) is 39.1. The van der Waals surface area contributed by atoms with Crippen LogP contribution in [-0.2, 0) is 20.9 Å². The number of rotatable bonds is 5. The lowest BCUT2D eigenvalue weighted by Crippen LogP contribution is -2.34. The second-order valence-electron chi connectivity index (χ2n) is 5.84. The molecule has 0 aliphatic carbocycles. The summed E-state index contributed by atoms with van der Waals surface area (Å²) >= 11 is 0. The molecule has 0 bridgehead atoms. The van der Waals surface area contributed by atoms with Crippen LogP contribution in [-0.4, -0.2) is 49.4 Å². The lowest BCUT2D eigenvalue weighted by atomic mass is 10.1. The van der Waals surface area contributed by atoms with E-state index in [-0.39, 0.29) is 5.69 Å². The van der Waals surface area contributed by atoms with Gasteiger partial charge in [0.05, 0.1) is 19.3 Å². The van der Waals surface area contributed by atoms with Gasteiger partial charge in [-0.15, -0.1) is 0 Å². The molecule has 1 saturated heterocycles. The number of hydrogen-bond acceptors (Lipinski definition) is 8. The number of imidazole rings is 1. The second kappa shape index (κ2) is 6.91. The first kappa shape index (κ1) is 18.7. The summed E-state index contributed by atoms with van der Waals surface area (Å²) in [7, 11) is -2.84. The molecule has 0 aromatic carbocycles. The van der Waals surface area contributed by atoms with E-state index >= 15 is 0 Å². The van der Waals surface area contributed by atoms with Crippen molar-refractivity contribution in [3.63, 3.8) is 0 Å². The molecule has 1 aliphatic rings. The number of aromatic nitrogens is 4. The molecule has 142 valence electrons. The number of nitrogens with one attached hydrogen (secondary N) is 2. The van der Waals surface area contributed by atoms with Gasteiger partial charge < -0.3 is 29.4 Å². The lowest BCUT2D eigenvalue weighted by Gasteiger charge is -2.21. The predicted octanol–water partition coefficient (Wildman–Crippen LogP) is -3.12. The maximum absolute atomic E-state index is 12.1. The molecule has 1 fully saturated rings. The monoisotopic (exact) mass is 388 g/mol. The highest BCUT2D eigenvalue weighted by Gasteiger charge is 2.44. The molecule has 0 amide bonds. The smallest absolute Gasteiger partial charge is 0.325 e. The molecule has 0 radical (unpaired) electrons. The van der Waals surface area contributed by atoms with Crippen molar-refractivity contribution in [3.05, 3.63) is 51.3 Å². The molecule has 2 aromatic heterocycles. The number of aryl methyl sites for hydroxylation is 1. The van der Waals surface area contributed by atoms with Crippen LogP contribution in [0.15, 0.2) is 34.4 Å². The number of aliphatic hydroxyl groups excluding tert-OH is 2. The van der Waals surface area contributed by atoms with E-state index in [2.05, 4.69) is 4.98 Å². The summed E-state index contributed by atoms with van der Waals surface area (Å²) in [5, 5.41) is 20.2. The van der Waals surface area contributed by atoms with E-state index in [1.54, 1.807) is 7.05 Å². The number of nitrogens with zero attached hydrogens (tertiary/aromatic N) is 2. The van der Waals surface area contributed by atoms with Crippen LogP contribution < -0.4 is 20.7 Å². The molecule has 0 spiro atoms. The molecule has 1 aliphatic heterocycles. The van der Waals surface area contributed by atoms with Gasteiger partial charge >= 0.3 is 13.4 Å². The Morgan fingerprint density at radius 2 is 2.12 bits per heavy atom. The van der Waals surface area contributed by atoms with Crippen LogP contribution in [0.1, 0.15) is 11.8 Å². The van der Waals surface area contributed by atoms with Crippen molar-refractivity contribution in [2.24, 2.45) is 7.05 Å². The van der Waals surface area contributed by atoms with Crippen molar-refractivity contribution in [1.82, 2.24) is 14.3 Å². The molecule has 3 rings (SSSR count). The summed E-state index contributed by atoms with van der Waals surface area (Å²) in [6.07, 6.45) is -1.33. The van der Waals surface area contributed by atoms with Crippen LogP contribution >= 0.6 is 7.75 Å².